The molecule has 0 spiro atoms. The number of pyridine rings is 1. The predicted octanol–water partition coefficient (Wildman–Crippen LogP) is 2.36. The third-order valence-corrected chi connectivity index (χ3v) is 7.42. The number of aromatic nitrogens is 3. The molecule has 0 amide bonds. The predicted molar refractivity (Wildman–Crippen MR) is 88.0 cm³/mol. The molecule has 4 heterocycles. The fraction of sp³-hybridized carbons (Fsp3) is 0.333. The first-order chi connectivity index (χ1) is 11.2. The Hall–Kier alpha value is -1.77. The van der Waals surface area contributed by atoms with Crippen molar-refractivity contribution < 1.29 is 8.42 Å². The molecule has 8 heteroatoms. The number of thiophene rings is 1. The highest BCUT2D eigenvalue weighted by atomic mass is 32.2. The Morgan fingerprint density at radius 1 is 1.17 bits per heavy atom. The van der Waals surface area contributed by atoms with Crippen molar-refractivity contribution in [3.63, 3.8) is 0 Å². The van der Waals surface area contributed by atoms with Gasteiger partial charge in [0.15, 0.2) is 5.65 Å². The maximum absolute atomic E-state index is 12.7. The molecule has 1 atom stereocenters. The van der Waals surface area contributed by atoms with Gasteiger partial charge in [-0.2, -0.15) is 4.31 Å². The Balaban J connectivity index is 1.65. The third-order valence-electron chi connectivity index (χ3n) is 4.18. The Morgan fingerprint density at radius 3 is 2.91 bits per heavy atom. The molecule has 6 nitrogen and oxygen atoms in total. The molecular formula is C15H16N4O2S2. The number of hydrogen-bond donors (Lipinski definition) is 0. The smallest absolute Gasteiger partial charge is 0.252 e. The number of sulfonamides is 1. The van der Waals surface area contributed by atoms with E-state index in [9.17, 15) is 8.42 Å². The summed E-state index contributed by atoms with van der Waals surface area (Å²) in [5.41, 5.74) is 0.792. The minimum atomic E-state index is -3.40. The zero-order chi connectivity index (χ0) is 15.9. The van der Waals surface area contributed by atoms with Crippen LogP contribution in [0, 0.1) is 0 Å². The highest BCUT2D eigenvalue weighted by Crippen LogP contribution is 2.30. The fourth-order valence-corrected chi connectivity index (χ4v) is 5.72. The number of piperidine rings is 1. The van der Waals surface area contributed by atoms with Gasteiger partial charge >= 0.3 is 0 Å². The first-order valence-electron chi connectivity index (χ1n) is 7.49. The number of hydrogen-bond acceptors (Lipinski definition) is 5. The van der Waals surface area contributed by atoms with Crippen LogP contribution in [-0.4, -0.2) is 40.4 Å². The Labute approximate surface area is 138 Å². The Morgan fingerprint density at radius 2 is 2.09 bits per heavy atom. The lowest BCUT2D eigenvalue weighted by atomic mass is 9.99. The largest absolute Gasteiger partial charge is 0.286 e. The van der Waals surface area contributed by atoms with Gasteiger partial charge < -0.3 is 0 Å². The van der Waals surface area contributed by atoms with Crippen LogP contribution in [0.3, 0.4) is 0 Å². The lowest BCUT2D eigenvalue weighted by molar-refractivity contribution is 0.309. The van der Waals surface area contributed by atoms with E-state index in [1.165, 1.54) is 11.3 Å². The molecule has 4 rings (SSSR count). The van der Waals surface area contributed by atoms with Crippen LogP contribution in [0.5, 0.6) is 0 Å². The van der Waals surface area contributed by atoms with Crippen molar-refractivity contribution in [2.45, 2.75) is 23.0 Å². The molecule has 0 saturated carbocycles. The van der Waals surface area contributed by atoms with Crippen LogP contribution in [0.2, 0.25) is 0 Å². The molecule has 1 aliphatic heterocycles. The lowest BCUT2D eigenvalue weighted by Gasteiger charge is -2.30. The van der Waals surface area contributed by atoms with Crippen LogP contribution in [0.1, 0.15) is 24.6 Å². The highest BCUT2D eigenvalue weighted by molar-refractivity contribution is 7.91. The fourth-order valence-electron chi connectivity index (χ4n) is 3.05. The van der Waals surface area contributed by atoms with E-state index in [1.807, 2.05) is 28.8 Å². The second-order valence-electron chi connectivity index (χ2n) is 5.62. The van der Waals surface area contributed by atoms with E-state index >= 15 is 0 Å². The molecule has 0 aromatic carbocycles. The summed E-state index contributed by atoms with van der Waals surface area (Å²) in [6, 6.07) is 9.19. The van der Waals surface area contributed by atoms with Crippen molar-refractivity contribution in [1.82, 2.24) is 18.9 Å². The van der Waals surface area contributed by atoms with Gasteiger partial charge in [-0.1, -0.05) is 12.1 Å². The van der Waals surface area contributed by atoms with Crippen molar-refractivity contribution in [2.24, 2.45) is 0 Å². The van der Waals surface area contributed by atoms with Gasteiger partial charge in [0.2, 0.25) is 0 Å². The minimum absolute atomic E-state index is 0.0656. The maximum atomic E-state index is 12.7. The Kier molecular flexibility index (Phi) is 3.67. The SMILES string of the molecule is O=S(=O)(c1cccs1)N1CCC[C@@H](c2nnc3ccccn23)C1. The van der Waals surface area contributed by atoms with E-state index < -0.39 is 10.0 Å². The van der Waals surface area contributed by atoms with E-state index in [1.54, 1.807) is 21.8 Å². The van der Waals surface area contributed by atoms with Crippen molar-refractivity contribution in [1.29, 1.82) is 0 Å². The summed E-state index contributed by atoms with van der Waals surface area (Å²) in [6.45, 7) is 1.02. The molecule has 0 N–H and O–H groups in total. The van der Waals surface area contributed by atoms with Crippen LogP contribution >= 0.6 is 11.3 Å². The molecule has 1 aliphatic rings. The van der Waals surface area contributed by atoms with Crippen LogP contribution in [-0.2, 0) is 10.0 Å². The quantitative estimate of drug-likeness (QED) is 0.729. The molecule has 0 radical (unpaired) electrons. The second-order valence-corrected chi connectivity index (χ2v) is 8.73. The summed E-state index contributed by atoms with van der Waals surface area (Å²) in [6.07, 6.45) is 3.68. The summed E-state index contributed by atoms with van der Waals surface area (Å²) >= 11 is 1.26. The monoisotopic (exact) mass is 348 g/mol. The van der Waals surface area contributed by atoms with Gasteiger partial charge in [-0.15, -0.1) is 21.5 Å². The lowest BCUT2D eigenvalue weighted by Crippen LogP contribution is -2.39. The van der Waals surface area contributed by atoms with Crippen molar-refractivity contribution in [3.8, 4) is 0 Å². The molecule has 1 saturated heterocycles. The molecule has 3 aromatic heterocycles. The van der Waals surface area contributed by atoms with Gasteiger partial charge in [0.25, 0.3) is 10.0 Å². The van der Waals surface area contributed by atoms with E-state index in [0.717, 1.165) is 24.3 Å². The maximum Gasteiger partial charge on any atom is 0.252 e. The second kappa shape index (κ2) is 5.70. The first kappa shape index (κ1) is 14.8. The summed E-state index contributed by atoms with van der Waals surface area (Å²) in [5, 5.41) is 10.3. The van der Waals surface area contributed by atoms with Crippen LogP contribution in [0.4, 0.5) is 0 Å². The molecule has 120 valence electrons. The summed E-state index contributed by atoms with van der Waals surface area (Å²) < 4.78 is 29.4. The van der Waals surface area contributed by atoms with Gasteiger partial charge in [0, 0.05) is 25.2 Å². The highest BCUT2D eigenvalue weighted by Gasteiger charge is 2.33. The van der Waals surface area contributed by atoms with Crippen LogP contribution < -0.4 is 0 Å². The third kappa shape index (κ3) is 2.56. The molecule has 3 aromatic rings. The molecule has 0 unspecified atom stereocenters. The van der Waals surface area contributed by atoms with Gasteiger partial charge in [0.05, 0.1) is 0 Å². The van der Waals surface area contributed by atoms with Gasteiger partial charge in [0.1, 0.15) is 10.0 Å². The number of fused-ring (bicyclic) bond motifs is 1. The van der Waals surface area contributed by atoms with Gasteiger partial charge in [-0.25, -0.2) is 8.42 Å². The zero-order valence-corrected chi connectivity index (χ0v) is 14.0. The number of nitrogens with zero attached hydrogens (tertiary/aromatic N) is 4. The standard InChI is InChI=1S/C15H16N4O2S2/c20-23(21,14-7-4-10-22-14)18-8-3-5-12(11-18)15-17-16-13-6-1-2-9-19(13)15/h1-2,4,6-7,9-10,12H,3,5,8,11H2/t12-/m1/s1. The van der Waals surface area contributed by atoms with Crippen LogP contribution in [0.15, 0.2) is 46.1 Å². The Bertz CT molecular complexity index is 918. The molecule has 1 fully saturated rings. The van der Waals surface area contributed by atoms with E-state index in [0.29, 0.717) is 17.3 Å². The van der Waals surface area contributed by atoms with Crippen molar-refractivity contribution in [2.75, 3.05) is 13.1 Å². The molecule has 23 heavy (non-hydrogen) atoms. The molecule has 0 bridgehead atoms. The van der Waals surface area contributed by atoms with Crippen molar-refractivity contribution in [3.05, 3.63) is 47.7 Å². The minimum Gasteiger partial charge on any atom is -0.286 e. The van der Waals surface area contributed by atoms with E-state index in [-0.39, 0.29) is 5.92 Å². The van der Waals surface area contributed by atoms with Crippen LogP contribution in [0.25, 0.3) is 5.65 Å². The number of rotatable bonds is 3. The summed E-state index contributed by atoms with van der Waals surface area (Å²) in [7, 11) is -3.40. The van der Waals surface area contributed by atoms with E-state index in [2.05, 4.69) is 10.2 Å². The van der Waals surface area contributed by atoms with Gasteiger partial charge in [-0.3, -0.25) is 4.40 Å². The zero-order valence-electron chi connectivity index (χ0n) is 12.4. The molecular weight excluding hydrogens is 332 g/mol. The normalized spacial score (nSPS) is 20.1. The van der Waals surface area contributed by atoms with Crippen molar-refractivity contribution >= 4 is 27.0 Å². The average molecular weight is 348 g/mol. The molecule has 0 aliphatic carbocycles. The van der Waals surface area contributed by atoms with E-state index in [4.69, 9.17) is 0 Å². The topological polar surface area (TPSA) is 67.6 Å². The first-order valence-corrected chi connectivity index (χ1v) is 9.81. The summed E-state index contributed by atoms with van der Waals surface area (Å²) in [4.78, 5) is 0. The summed E-state index contributed by atoms with van der Waals surface area (Å²) in [5.74, 6) is 0.905. The van der Waals surface area contributed by atoms with Gasteiger partial charge in [-0.05, 0) is 36.4 Å². The average Bonchev–Trinajstić information content (AvgIpc) is 3.25.